The van der Waals surface area contributed by atoms with Crippen LogP contribution in [0.15, 0.2) is 18.2 Å². The van der Waals surface area contributed by atoms with Gasteiger partial charge in [0.1, 0.15) is 24.6 Å². The molecule has 2 rings (SSSR count). The van der Waals surface area contributed by atoms with Crippen molar-refractivity contribution in [3.8, 4) is 17.2 Å². The van der Waals surface area contributed by atoms with Crippen molar-refractivity contribution in [2.24, 2.45) is 0 Å². The molecule has 0 unspecified atom stereocenters. The second-order valence-electron chi connectivity index (χ2n) is 4.52. The van der Waals surface area contributed by atoms with Crippen LogP contribution >= 0.6 is 0 Å². The Bertz CT molecular complexity index is 352. The second-order valence-corrected chi connectivity index (χ2v) is 4.52. The lowest BCUT2D eigenvalue weighted by molar-refractivity contribution is 0.128. The summed E-state index contributed by atoms with van der Waals surface area (Å²) in [6.07, 6.45) is 0. The Labute approximate surface area is 90.0 Å². The molecule has 0 aliphatic carbocycles. The predicted octanol–water partition coefficient (Wildman–Crippen LogP) is 2.64. The first-order chi connectivity index (χ1) is 7.04. The number of ether oxygens (including phenoxy) is 3. The average Bonchev–Trinajstić information content (AvgIpc) is 2.15. The number of benzene rings is 1. The number of fused-ring (bicyclic) bond motifs is 1. The molecule has 0 saturated heterocycles. The largest absolute Gasteiger partial charge is 0.488 e. The van der Waals surface area contributed by atoms with Gasteiger partial charge in [0.05, 0.1) is 0 Å². The van der Waals surface area contributed by atoms with Gasteiger partial charge in [-0.25, -0.2) is 0 Å². The van der Waals surface area contributed by atoms with Crippen molar-refractivity contribution in [2.75, 3.05) is 13.2 Å². The summed E-state index contributed by atoms with van der Waals surface area (Å²) in [7, 11) is 0. The normalized spacial score (nSPS) is 14.9. The Kier molecular flexibility index (Phi) is 2.47. The maximum absolute atomic E-state index is 5.73. The lowest BCUT2D eigenvalue weighted by Crippen LogP contribution is -2.23. The number of hydrogen-bond donors (Lipinski definition) is 0. The molecule has 0 saturated carbocycles. The monoisotopic (exact) mass is 208 g/mol. The molecule has 3 heteroatoms. The first-order valence-electron chi connectivity index (χ1n) is 5.13. The molecule has 0 atom stereocenters. The number of rotatable bonds is 1. The van der Waals surface area contributed by atoms with E-state index in [1.54, 1.807) is 0 Å². The van der Waals surface area contributed by atoms with E-state index in [0.717, 1.165) is 17.2 Å². The van der Waals surface area contributed by atoms with E-state index in [1.807, 2.05) is 39.0 Å². The van der Waals surface area contributed by atoms with Crippen molar-refractivity contribution in [1.82, 2.24) is 0 Å². The van der Waals surface area contributed by atoms with Crippen LogP contribution in [0.3, 0.4) is 0 Å². The van der Waals surface area contributed by atoms with Crippen LogP contribution in [-0.2, 0) is 0 Å². The van der Waals surface area contributed by atoms with Gasteiger partial charge in [0, 0.05) is 6.07 Å². The van der Waals surface area contributed by atoms with E-state index in [-0.39, 0.29) is 5.60 Å². The number of hydrogen-bond acceptors (Lipinski definition) is 3. The molecule has 1 aromatic rings. The highest BCUT2D eigenvalue weighted by molar-refractivity contribution is 5.46. The van der Waals surface area contributed by atoms with Gasteiger partial charge in [0.15, 0.2) is 11.5 Å². The molecule has 0 fully saturated rings. The maximum atomic E-state index is 5.73. The van der Waals surface area contributed by atoms with Crippen molar-refractivity contribution < 1.29 is 14.2 Å². The van der Waals surface area contributed by atoms with Gasteiger partial charge in [0.2, 0.25) is 0 Å². The van der Waals surface area contributed by atoms with Crippen LogP contribution in [0.1, 0.15) is 20.8 Å². The SMILES string of the molecule is CC(C)(C)Oc1ccc2c(c1)OCCO2. The van der Waals surface area contributed by atoms with Crippen LogP contribution < -0.4 is 14.2 Å². The first kappa shape index (κ1) is 10.1. The lowest BCUT2D eigenvalue weighted by Gasteiger charge is -2.23. The highest BCUT2D eigenvalue weighted by Crippen LogP contribution is 2.34. The summed E-state index contributed by atoms with van der Waals surface area (Å²) in [6, 6.07) is 5.66. The van der Waals surface area contributed by atoms with E-state index in [9.17, 15) is 0 Å². The minimum atomic E-state index is -0.191. The molecule has 0 N–H and O–H groups in total. The molecule has 0 amide bonds. The van der Waals surface area contributed by atoms with Gasteiger partial charge in [-0.05, 0) is 32.9 Å². The summed E-state index contributed by atoms with van der Waals surface area (Å²) >= 11 is 0. The van der Waals surface area contributed by atoms with Gasteiger partial charge in [-0.15, -0.1) is 0 Å². The Balaban J connectivity index is 2.21. The third kappa shape index (κ3) is 2.55. The Morgan fingerprint density at radius 2 is 1.73 bits per heavy atom. The molecule has 1 aliphatic heterocycles. The molecular weight excluding hydrogens is 192 g/mol. The summed E-state index contributed by atoms with van der Waals surface area (Å²) in [4.78, 5) is 0. The van der Waals surface area contributed by atoms with Gasteiger partial charge in [-0.3, -0.25) is 0 Å². The summed E-state index contributed by atoms with van der Waals surface area (Å²) in [5.41, 5.74) is -0.191. The molecule has 0 bridgehead atoms. The van der Waals surface area contributed by atoms with Crippen molar-refractivity contribution in [3.05, 3.63) is 18.2 Å². The van der Waals surface area contributed by atoms with Gasteiger partial charge < -0.3 is 14.2 Å². The third-order valence-electron chi connectivity index (χ3n) is 1.94. The van der Waals surface area contributed by atoms with E-state index in [1.165, 1.54) is 0 Å². The van der Waals surface area contributed by atoms with Crippen molar-refractivity contribution in [3.63, 3.8) is 0 Å². The minimum absolute atomic E-state index is 0.191. The Morgan fingerprint density at radius 1 is 1.07 bits per heavy atom. The highest BCUT2D eigenvalue weighted by Gasteiger charge is 2.16. The molecule has 0 radical (unpaired) electrons. The quantitative estimate of drug-likeness (QED) is 0.710. The van der Waals surface area contributed by atoms with E-state index in [0.29, 0.717) is 13.2 Å². The minimum Gasteiger partial charge on any atom is -0.488 e. The molecule has 1 aromatic carbocycles. The molecule has 0 spiro atoms. The fourth-order valence-corrected chi connectivity index (χ4v) is 1.44. The van der Waals surface area contributed by atoms with E-state index in [4.69, 9.17) is 14.2 Å². The summed E-state index contributed by atoms with van der Waals surface area (Å²) in [6.45, 7) is 7.27. The first-order valence-corrected chi connectivity index (χ1v) is 5.13. The molecule has 1 heterocycles. The van der Waals surface area contributed by atoms with E-state index < -0.39 is 0 Å². The fourth-order valence-electron chi connectivity index (χ4n) is 1.44. The van der Waals surface area contributed by atoms with Gasteiger partial charge in [0.25, 0.3) is 0 Å². The van der Waals surface area contributed by atoms with Gasteiger partial charge in [-0.1, -0.05) is 0 Å². The molecule has 0 aromatic heterocycles. The third-order valence-corrected chi connectivity index (χ3v) is 1.94. The van der Waals surface area contributed by atoms with Crippen LogP contribution in [0.5, 0.6) is 17.2 Å². The Morgan fingerprint density at radius 3 is 2.40 bits per heavy atom. The molecular formula is C12H16O3. The molecule has 3 nitrogen and oxygen atoms in total. The van der Waals surface area contributed by atoms with Crippen molar-refractivity contribution in [2.45, 2.75) is 26.4 Å². The molecule has 82 valence electrons. The summed E-state index contributed by atoms with van der Waals surface area (Å²) < 4.78 is 16.6. The van der Waals surface area contributed by atoms with E-state index in [2.05, 4.69) is 0 Å². The van der Waals surface area contributed by atoms with Crippen LogP contribution in [-0.4, -0.2) is 18.8 Å². The van der Waals surface area contributed by atoms with Gasteiger partial charge in [-0.2, -0.15) is 0 Å². The van der Waals surface area contributed by atoms with Crippen LogP contribution in [0.2, 0.25) is 0 Å². The van der Waals surface area contributed by atoms with Crippen LogP contribution in [0, 0.1) is 0 Å². The lowest BCUT2D eigenvalue weighted by atomic mass is 10.2. The van der Waals surface area contributed by atoms with Gasteiger partial charge >= 0.3 is 0 Å². The Hall–Kier alpha value is -1.38. The smallest absolute Gasteiger partial charge is 0.165 e. The molecule has 1 aliphatic rings. The zero-order chi connectivity index (χ0) is 10.9. The zero-order valence-corrected chi connectivity index (χ0v) is 9.37. The maximum Gasteiger partial charge on any atom is 0.165 e. The van der Waals surface area contributed by atoms with Crippen LogP contribution in [0.4, 0.5) is 0 Å². The molecule has 15 heavy (non-hydrogen) atoms. The topological polar surface area (TPSA) is 27.7 Å². The van der Waals surface area contributed by atoms with Crippen molar-refractivity contribution >= 4 is 0 Å². The highest BCUT2D eigenvalue weighted by atomic mass is 16.6. The predicted molar refractivity (Wildman–Crippen MR) is 57.8 cm³/mol. The van der Waals surface area contributed by atoms with E-state index >= 15 is 0 Å². The zero-order valence-electron chi connectivity index (χ0n) is 9.37. The standard InChI is InChI=1S/C12H16O3/c1-12(2,3)15-9-4-5-10-11(8-9)14-7-6-13-10/h4-5,8H,6-7H2,1-3H3. The van der Waals surface area contributed by atoms with Crippen molar-refractivity contribution in [1.29, 1.82) is 0 Å². The second kappa shape index (κ2) is 3.65. The fraction of sp³-hybridized carbons (Fsp3) is 0.500. The average molecular weight is 208 g/mol. The van der Waals surface area contributed by atoms with Crippen LogP contribution in [0.25, 0.3) is 0 Å². The summed E-state index contributed by atoms with van der Waals surface area (Å²) in [5, 5.41) is 0. The summed E-state index contributed by atoms with van der Waals surface area (Å²) in [5.74, 6) is 2.37.